The molecule has 3 rings (SSSR count). The molecule has 21 heavy (non-hydrogen) atoms. The Balaban J connectivity index is 1.92. The van der Waals surface area contributed by atoms with Crippen molar-refractivity contribution in [1.29, 1.82) is 0 Å². The van der Waals surface area contributed by atoms with Gasteiger partial charge >= 0.3 is 0 Å². The van der Waals surface area contributed by atoms with E-state index in [0.29, 0.717) is 34.0 Å². The zero-order valence-corrected chi connectivity index (χ0v) is 13.3. The van der Waals surface area contributed by atoms with Gasteiger partial charge in [0.2, 0.25) is 0 Å². The molecule has 2 aromatic rings. The number of thiophene rings is 1. The standard InChI is InChI=1S/C14H19N5OS/c1-14(2)8-19(7-6-18(14)3)13(20)11-9(15)10-12(21-11)17-5-4-16-10/h4-5H,6-8,15H2,1-3H3. The molecule has 0 aromatic carbocycles. The molecule has 1 aliphatic rings. The summed E-state index contributed by atoms with van der Waals surface area (Å²) in [4.78, 5) is 26.6. The number of amides is 1. The summed E-state index contributed by atoms with van der Waals surface area (Å²) in [5.41, 5.74) is 7.13. The molecule has 3 heterocycles. The Morgan fingerprint density at radius 2 is 2.05 bits per heavy atom. The zero-order valence-electron chi connectivity index (χ0n) is 12.5. The van der Waals surface area contributed by atoms with Crippen molar-refractivity contribution in [3.8, 4) is 0 Å². The van der Waals surface area contributed by atoms with Crippen LogP contribution in [-0.2, 0) is 0 Å². The number of piperazine rings is 1. The van der Waals surface area contributed by atoms with Crippen LogP contribution in [0.3, 0.4) is 0 Å². The van der Waals surface area contributed by atoms with Gasteiger partial charge in [0.1, 0.15) is 15.2 Å². The molecule has 2 aromatic heterocycles. The molecule has 1 aliphatic heterocycles. The van der Waals surface area contributed by atoms with Gasteiger partial charge in [0.15, 0.2) is 0 Å². The number of nitrogen functional groups attached to an aromatic ring is 1. The maximum absolute atomic E-state index is 12.8. The fourth-order valence-corrected chi connectivity index (χ4v) is 3.55. The minimum Gasteiger partial charge on any atom is -0.396 e. The van der Waals surface area contributed by atoms with Crippen LogP contribution >= 0.6 is 11.3 Å². The summed E-state index contributed by atoms with van der Waals surface area (Å²) < 4.78 is 0. The Kier molecular flexibility index (Phi) is 3.33. The van der Waals surface area contributed by atoms with Crippen LogP contribution in [0.4, 0.5) is 5.69 Å². The number of nitrogens with two attached hydrogens (primary N) is 1. The molecular weight excluding hydrogens is 286 g/mol. The second-order valence-electron chi connectivity index (χ2n) is 6.02. The first-order chi connectivity index (χ1) is 9.90. The molecule has 7 heteroatoms. The molecule has 0 bridgehead atoms. The number of hydrogen-bond acceptors (Lipinski definition) is 6. The smallest absolute Gasteiger partial charge is 0.266 e. The molecule has 1 saturated heterocycles. The highest BCUT2D eigenvalue weighted by molar-refractivity contribution is 7.21. The van der Waals surface area contributed by atoms with Gasteiger partial charge in [-0.2, -0.15) is 0 Å². The Morgan fingerprint density at radius 1 is 1.33 bits per heavy atom. The van der Waals surface area contributed by atoms with E-state index in [1.807, 2.05) is 4.90 Å². The maximum Gasteiger partial charge on any atom is 0.266 e. The second-order valence-corrected chi connectivity index (χ2v) is 7.01. The van der Waals surface area contributed by atoms with Crippen LogP contribution < -0.4 is 5.73 Å². The zero-order chi connectivity index (χ0) is 15.2. The van der Waals surface area contributed by atoms with Crippen LogP contribution in [0.2, 0.25) is 0 Å². The summed E-state index contributed by atoms with van der Waals surface area (Å²) in [7, 11) is 2.09. The number of carbonyl (C=O) groups is 1. The summed E-state index contributed by atoms with van der Waals surface area (Å²) in [6, 6.07) is 0. The van der Waals surface area contributed by atoms with Gasteiger partial charge in [-0.1, -0.05) is 0 Å². The number of aromatic nitrogens is 2. The number of hydrogen-bond donors (Lipinski definition) is 1. The molecule has 2 N–H and O–H groups in total. The van der Waals surface area contributed by atoms with Gasteiger partial charge in [-0.3, -0.25) is 9.69 Å². The van der Waals surface area contributed by atoms with E-state index in [-0.39, 0.29) is 11.4 Å². The molecule has 6 nitrogen and oxygen atoms in total. The number of nitrogens with zero attached hydrogens (tertiary/aromatic N) is 4. The summed E-state index contributed by atoms with van der Waals surface area (Å²) >= 11 is 1.32. The van der Waals surface area contributed by atoms with Gasteiger partial charge in [0.05, 0.1) is 5.69 Å². The van der Waals surface area contributed by atoms with E-state index in [2.05, 4.69) is 35.8 Å². The molecule has 0 aliphatic carbocycles. The number of likely N-dealkylation sites (N-methyl/N-ethyl adjacent to an activating group) is 1. The van der Waals surface area contributed by atoms with Crippen molar-refractivity contribution in [1.82, 2.24) is 19.8 Å². The number of rotatable bonds is 1. The fraction of sp³-hybridized carbons (Fsp3) is 0.500. The molecule has 0 unspecified atom stereocenters. The van der Waals surface area contributed by atoms with Crippen molar-refractivity contribution in [3.05, 3.63) is 17.3 Å². The summed E-state index contributed by atoms with van der Waals surface area (Å²) in [5.74, 6) is -0.0153. The van der Waals surface area contributed by atoms with E-state index in [9.17, 15) is 4.79 Å². The van der Waals surface area contributed by atoms with Gasteiger partial charge in [-0.25, -0.2) is 9.97 Å². The van der Waals surface area contributed by atoms with Gasteiger partial charge in [-0.05, 0) is 20.9 Å². The number of fused-ring (bicyclic) bond motifs is 1. The minimum atomic E-state index is -0.0319. The highest BCUT2D eigenvalue weighted by Gasteiger charge is 2.34. The van der Waals surface area contributed by atoms with E-state index in [1.54, 1.807) is 12.4 Å². The van der Waals surface area contributed by atoms with Crippen molar-refractivity contribution in [2.45, 2.75) is 19.4 Å². The summed E-state index contributed by atoms with van der Waals surface area (Å²) in [6.45, 7) is 6.55. The first kappa shape index (κ1) is 14.2. The van der Waals surface area contributed by atoms with E-state index in [1.165, 1.54) is 11.3 Å². The Labute approximate surface area is 127 Å². The lowest BCUT2D eigenvalue weighted by Crippen LogP contribution is -2.58. The largest absolute Gasteiger partial charge is 0.396 e. The van der Waals surface area contributed by atoms with Gasteiger partial charge in [-0.15, -0.1) is 11.3 Å². The molecule has 0 spiro atoms. The molecule has 112 valence electrons. The van der Waals surface area contributed by atoms with E-state index in [0.717, 1.165) is 6.54 Å². The molecule has 0 atom stereocenters. The predicted octanol–water partition coefficient (Wildman–Crippen LogP) is 1.44. The van der Waals surface area contributed by atoms with E-state index in [4.69, 9.17) is 5.73 Å². The van der Waals surface area contributed by atoms with Crippen molar-refractivity contribution in [2.75, 3.05) is 32.4 Å². The Morgan fingerprint density at radius 3 is 2.71 bits per heavy atom. The SMILES string of the molecule is CN1CCN(C(=O)c2sc3nccnc3c2N)CC1(C)C. The lowest BCUT2D eigenvalue weighted by molar-refractivity contribution is 0.0315. The lowest BCUT2D eigenvalue weighted by Gasteiger charge is -2.45. The van der Waals surface area contributed by atoms with Crippen molar-refractivity contribution < 1.29 is 4.79 Å². The van der Waals surface area contributed by atoms with Gasteiger partial charge in [0.25, 0.3) is 5.91 Å². The maximum atomic E-state index is 12.8. The molecule has 1 amide bonds. The average Bonchev–Trinajstić information content (AvgIpc) is 2.79. The fourth-order valence-electron chi connectivity index (χ4n) is 2.56. The predicted molar refractivity (Wildman–Crippen MR) is 84.4 cm³/mol. The summed E-state index contributed by atoms with van der Waals surface area (Å²) in [5, 5.41) is 0. The number of anilines is 1. The van der Waals surface area contributed by atoms with Crippen LogP contribution in [0.25, 0.3) is 10.3 Å². The van der Waals surface area contributed by atoms with E-state index >= 15 is 0 Å². The molecular formula is C14H19N5OS. The molecule has 0 radical (unpaired) electrons. The Bertz CT molecular complexity index is 696. The third-order valence-corrected chi connectivity index (χ3v) is 5.25. The first-order valence-corrected chi connectivity index (χ1v) is 7.71. The van der Waals surface area contributed by atoms with Crippen molar-refractivity contribution in [3.63, 3.8) is 0 Å². The average molecular weight is 305 g/mol. The van der Waals surface area contributed by atoms with Crippen LogP contribution in [-0.4, -0.2) is 57.9 Å². The van der Waals surface area contributed by atoms with Crippen LogP contribution in [0.1, 0.15) is 23.5 Å². The third-order valence-electron chi connectivity index (χ3n) is 4.16. The lowest BCUT2D eigenvalue weighted by atomic mass is 9.99. The van der Waals surface area contributed by atoms with Gasteiger partial charge in [0, 0.05) is 37.6 Å². The van der Waals surface area contributed by atoms with Crippen LogP contribution in [0.5, 0.6) is 0 Å². The van der Waals surface area contributed by atoms with Gasteiger partial charge < -0.3 is 10.6 Å². The quantitative estimate of drug-likeness (QED) is 0.863. The summed E-state index contributed by atoms with van der Waals surface area (Å²) in [6.07, 6.45) is 3.21. The molecule has 0 saturated carbocycles. The Hall–Kier alpha value is -1.73. The van der Waals surface area contributed by atoms with Crippen LogP contribution in [0, 0.1) is 0 Å². The second kappa shape index (κ2) is 4.92. The van der Waals surface area contributed by atoms with E-state index < -0.39 is 0 Å². The van der Waals surface area contributed by atoms with Crippen molar-refractivity contribution in [2.24, 2.45) is 0 Å². The van der Waals surface area contributed by atoms with Crippen molar-refractivity contribution >= 4 is 33.3 Å². The molecule has 1 fully saturated rings. The topological polar surface area (TPSA) is 75.3 Å². The third kappa shape index (κ3) is 2.36. The monoisotopic (exact) mass is 305 g/mol. The normalized spacial score (nSPS) is 19.1. The van der Waals surface area contributed by atoms with Crippen LogP contribution in [0.15, 0.2) is 12.4 Å². The minimum absolute atomic E-state index is 0.0153. The number of carbonyl (C=O) groups excluding carboxylic acids is 1. The highest BCUT2D eigenvalue weighted by Crippen LogP contribution is 2.32. The first-order valence-electron chi connectivity index (χ1n) is 6.89. The highest BCUT2D eigenvalue weighted by atomic mass is 32.1.